The van der Waals surface area contributed by atoms with Crippen LogP contribution in [0.2, 0.25) is 0 Å². The molecule has 5 heteroatoms. The van der Waals surface area contributed by atoms with Crippen LogP contribution in [0.1, 0.15) is 25.7 Å². The van der Waals surface area contributed by atoms with Crippen LogP contribution in [0.15, 0.2) is 12.4 Å². The van der Waals surface area contributed by atoms with Crippen molar-refractivity contribution < 1.29 is 0 Å². The second-order valence-electron chi connectivity index (χ2n) is 4.92. The van der Waals surface area contributed by atoms with E-state index in [1.165, 1.54) is 25.7 Å². The van der Waals surface area contributed by atoms with Gasteiger partial charge in [-0.2, -0.15) is 12.6 Å². The Balaban J connectivity index is 1.85. The Morgan fingerprint density at radius 1 is 1.44 bits per heavy atom. The number of nitrogens with one attached hydrogen (secondary N) is 1. The number of hydrogen-bond acceptors (Lipinski definition) is 5. The van der Waals surface area contributed by atoms with Gasteiger partial charge in [-0.25, -0.2) is 9.97 Å². The van der Waals surface area contributed by atoms with Crippen molar-refractivity contribution in [1.29, 1.82) is 0 Å². The van der Waals surface area contributed by atoms with Crippen LogP contribution in [0.5, 0.6) is 0 Å². The highest BCUT2D eigenvalue weighted by molar-refractivity contribution is 7.80. The number of nitrogens with zero attached hydrogens (tertiary/aromatic N) is 3. The maximum Gasteiger partial charge on any atom is 0.133 e. The van der Waals surface area contributed by atoms with Gasteiger partial charge >= 0.3 is 0 Å². The van der Waals surface area contributed by atoms with Crippen LogP contribution in [0, 0.1) is 5.92 Å². The average Bonchev–Trinajstić information content (AvgIpc) is 2.34. The molecule has 1 aromatic heterocycles. The van der Waals surface area contributed by atoms with E-state index in [1.54, 1.807) is 6.33 Å². The number of thiol groups is 1. The van der Waals surface area contributed by atoms with Gasteiger partial charge in [0.1, 0.15) is 18.0 Å². The van der Waals surface area contributed by atoms with Gasteiger partial charge in [-0.1, -0.05) is 19.3 Å². The molecule has 1 aliphatic rings. The van der Waals surface area contributed by atoms with Crippen molar-refractivity contribution in [2.24, 2.45) is 5.92 Å². The van der Waals surface area contributed by atoms with Crippen LogP contribution in [0.3, 0.4) is 0 Å². The minimum atomic E-state index is 0.802. The predicted molar refractivity (Wildman–Crippen MR) is 79.6 cm³/mol. The lowest BCUT2D eigenvalue weighted by Crippen LogP contribution is -2.24. The molecule has 1 N–H and O–H groups in total. The van der Waals surface area contributed by atoms with Gasteiger partial charge in [0.25, 0.3) is 0 Å². The number of aromatic nitrogens is 2. The van der Waals surface area contributed by atoms with Crippen molar-refractivity contribution in [3.05, 3.63) is 12.4 Å². The van der Waals surface area contributed by atoms with E-state index in [1.807, 2.05) is 6.07 Å². The average molecular weight is 266 g/mol. The molecule has 4 nitrogen and oxygen atoms in total. The molecule has 0 radical (unpaired) electrons. The second kappa shape index (κ2) is 6.83. The van der Waals surface area contributed by atoms with E-state index in [0.717, 1.165) is 36.4 Å². The van der Waals surface area contributed by atoms with Gasteiger partial charge in [0.15, 0.2) is 0 Å². The molecule has 0 unspecified atom stereocenters. The predicted octanol–water partition coefficient (Wildman–Crippen LogP) is 2.44. The molecule has 0 amide bonds. The Morgan fingerprint density at radius 2 is 2.28 bits per heavy atom. The fourth-order valence-electron chi connectivity index (χ4n) is 2.11. The molecular weight excluding hydrogens is 244 g/mol. The Kier molecular flexibility index (Phi) is 5.11. The first-order valence-corrected chi connectivity index (χ1v) is 7.30. The molecule has 0 aliphatic heterocycles. The third kappa shape index (κ3) is 3.77. The molecule has 0 atom stereocenters. The fraction of sp³-hybridized carbons (Fsp3) is 0.692. The summed E-state index contributed by atoms with van der Waals surface area (Å²) in [6.07, 6.45) is 7.13. The summed E-state index contributed by atoms with van der Waals surface area (Å²) < 4.78 is 0. The van der Waals surface area contributed by atoms with E-state index in [2.05, 4.69) is 39.9 Å². The highest BCUT2D eigenvalue weighted by Crippen LogP contribution is 2.29. The topological polar surface area (TPSA) is 41.0 Å². The summed E-state index contributed by atoms with van der Waals surface area (Å²) in [5, 5.41) is 3.22. The fourth-order valence-corrected chi connectivity index (χ4v) is 2.22. The number of hydrogen-bond donors (Lipinski definition) is 2. The third-order valence-corrected chi connectivity index (χ3v) is 3.78. The first-order valence-electron chi connectivity index (χ1n) is 6.67. The molecule has 18 heavy (non-hydrogen) atoms. The van der Waals surface area contributed by atoms with Gasteiger partial charge in [-0.15, -0.1) is 0 Å². The minimum Gasteiger partial charge on any atom is -0.369 e. The first-order chi connectivity index (χ1) is 8.79. The highest BCUT2D eigenvalue weighted by atomic mass is 32.1. The van der Waals surface area contributed by atoms with Gasteiger partial charge in [-0.05, 0) is 12.3 Å². The van der Waals surface area contributed by atoms with Crippen molar-refractivity contribution in [3.8, 4) is 0 Å². The maximum absolute atomic E-state index is 4.32. The molecule has 2 rings (SSSR count). The quantitative estimate of drug-likeness (QED) is 0.744. The molecule has 100 valence electrons. The molecule has 0 saturated heterocycles. The first kappa shape index (κ1) is 13.5. The van der Waals surface area contributed by atoms with E-state index < -0.39 is 0 Å². The van der Waals surface area contributed by atoms with E-state index in [9.17, 15) is 0 Å². The summed E-state index contributed by atoms with van der Waals surface area (Å²) in [6, 6.07) is 2.00. The van der Waals surface area contributed by atoms with Crippen LogP contribution >= 0.6 is 12.6 Å². The van der Waals surface area contributed by atoms with Crippen LogP contribution in [-0.2, 0) is 0 Å². The Morgan fingerprint density at radius 3 is 2.94 bits per heavy atom. The van der Waals surface area contributed by atoms with Crippen LogP contribution in [0.25, 0.3) is 0 Å². The lowest BCUT2D eigenvalue weighted by atomic mass is 9.83. The number of rotatable bonds is 7. The standard InChI is InChI=1S/C13H22N4S/c1-17(7-5-11-3-2-4-11)13-9-12(14-6-8-18)15-10-16-13/h9-11,18H,2-8H2,1H3,(H,14,15,16). The molecule has 1 aromatic rings. The molecule has 1 saturated carbocycles. The Hall–Kier alpha value is -0.970. The van der Waals surface area contributed by atoms with E-state index in [-0.39, 0.29) is 0 Å². The Labute approximate surface area is 115 Å². The molecule has 1 fully saturated rings. The minimum absolute atomic E-state index is 0.802. The molecule has 1 heterocycles. The van der Waals surface area contributed by atoms with Crippen molar-refractivity contribution in [2.75, 3.05) is 36.1 Å². The van der Waals surface area contributed by atoms with Gasteiger partial charge < -0.3 is 10.2 Å². The smallest absolute Gasteiger partial charge is 0.133 e. The van der Waals surface area contributed by atoms with Crippen molar-refractivity contribution in [3.63, 3.8) is 0 Å². The zero-order valence-corrected chi connectivity index (χ0v) is 11.9. The summed E-state index contributed by atoms with van der Waals surface area (Å²) in [5.74, 6) is 3.61. The third-order valence-electron chi connectivity index (χ3n) is 3.56. The second-order valence-corrected chi connectivity index (χ2v) is 5.37. The summed E-state index contributed by atoms with van der Waals surface area (Å²) in [7, 11) is 2.10. The summed E-state index contributed by atoms with van der Waals surface area (Å²) in [6.45, 7) is 1.90. The van der Waals surface area contributed by atoms with Crippen LogP contribution in [-0.4, -0.2) is 35.9 Å². The lowest BCUT2D eigenvalue weighted by molar-refractivity contribution is 0.299. The summed E-state index contributed by atoms with van der Waals surface area (Å²) in [4.78, 5) is 10.7. The zero-order valence-electron chi connectivity index (χ0n) is 11.0. The molecule has 0 spiro atoms. The van der Waals surface area contributed by atoms with Crippen molar-refractivity contribution in [2.45, 2.75) is 25.7 Å². The largest absolute Gasteiger partial charge is 0.369 e. The van der Waals surface area contributed by atoms with E-state index in [0.29, 0.717) is 0 Å². The lowest BCUT2D eigenvalue weighted by Gasteiger charge is -2.28. The summed E-state index contributed by atoms with van der Waals surface area (Å²) >= 11 is 4.17. The van der Waals surface area contributed by atoms with Crippen LogP contribution in [0.4, 0.5) is 11.6 Å². The van der Waals surface area contributed by atoms with E-state index >= 15 is 0 Å². The maximum atomic E-state index is 4.32. The molecule has 0 bridgehead atoms. The van der Waals surface area contributed by atoms with Gasteiger partial charge in [0.05, 0.1) is 0 Å². The van der Waals surface area contributed by atoms with Crippen molar-refractivity contribution in [1.82, 2.24) is 9.97 Å². The molecular formula is C13H22N4S. The normalized spacial score (nSPS) is 15.2. The van der Waals surface area contributed by atoms with Crippen molar-refractivity contribution >= 4 is 24.3 Å². The zero-order chi connectivity index (χ0) is 12.8. The number of anilines is 2. The van der Waals surface area contributed by atoms with Gasteiger partial charge in [0.2, 0.25) is 0 Å². The summed E-state index contributed by atoms with van der Waals surface area (Å²) in [5.41, 5.74) is 0. The monoisotopic (exact) mass is 266 g/mol. The molecule has 0 aromatic carbocycles. The Bertz CT molecular complexity index is 368. The van der Waals surface area contributed by atoms with Crippen LogP contribution < -0.4 is 10.2 Å². The SMILES string of the molecule is CN(CCC1CCC1)c1cc(NCCS)ncn1. The van der Waals surface area contributed by atoms with E-state index in [4.69, 9.17) is 0 Å². The molecule has 1 aliphatic carbocycles. The van der Waals surface area contributed by atoms with Gasteiger partial charge in [-0.3, -0.25) is 0 Å². The highest BCUT2D eigenvalue weighted by Gasteiger charge is 2.17. The van der Waals surface area contributed by atoms with Gasteiger partial charge in [0, 0.05) is 32.0 Å².